The molecule has 0 radical (unpaired) electrons. The second-order valence-corrected chi connectivity index (χ2v) is 2.43. The van der Waals surface area contributed by atoms with Gasteiger partial charge in [0.2, 0.25) is 0 Å². The number of ether oxygens (including phenoxy) is 1. The molecule has 4 nitrogen and oxygen atoms in total. The van der Waals surface area contributed by atoms with E-state index >= 15 is 0 Å². The Kier molecular flexibility index (Phi) is 5.67. The van der Waals surface area contributed by atoms with Crippen LogP contribution in [0.5, 0.6) is 5.75 Å². The van der Waals surface area contributed by atoms with Crippen molar-refractivity contribution < 1.29 is 19.1 Å². The fourth-order valence-electron chi connectivity index (χ4n) is 0.910. The summed E-state index contributed by atoms with van der Waals surface area (Å²) in [7, 11) is 1.59. The first-order chi connectivity index (χ1) is 6.69. The number of carbonyl (C=O) groups is 1. The topological polar surface area (TPSA) is 60.4 Å². The summed E-state index contributed by atoms with van der Waals surface area (Å²) in [6, 6.07) is 5.36. The molecule has 0 spiro atoms. The van der Waals surface area contributed by atoms with E-state index in [1.807, 2.05) is 13.0 Å². The molecule has 0 aliphatic rings. The number of aldehydes is 1. The van der Waals surface area contributed by atoms with E-state index < -0.39 is 0 Å². The van der Waals surface area contributed by atoms with E-state index in [2.05, 4.69) is 0 Å². The molecule has 0 N–H and O–H groups in total. The zero-order valence-electron chi connectivity index (χ0n) is 7.94. The molecule has 0 heterocycles. The van der Waals surface area contributed by atoms with E-state index in [-0.39, 0.29) is 6.15 Å². The summed E-state index contributed by atoms with van der Waals surface area (Å²) in [5.74, 6) is 0.759. The van der Waals surface area contributed by atoms with Gasteiger partial charge in [-0.25, -0.2) is 0 Å². The van der Waals surface area contributed by atoms with Crippen molar-refractivity contribution >= 4 is 12.4 Å². The maximum Gasteiger partial charge on any atom is 0.373 e. The molecule has 1 aromatic rings. The molecule has 74 valence electrons. The summed E-state index contributed by atoms with van der Waals surface area (Å²) in [4.78, 5) is 26.6. The first-order valence-electron chi connectivity index (χ1n) is 3.78. The number of methoxy groups -OCH3 is 1. The molecule has 0 aliphatic heterocycles. The van der Waals surface area contributed by atoms with E-state index in [0.717, 1.165) is 17.6 Å². The Balaban J connectivity index is 0.000000500. The number of hydrogen-bond donors (Lipinski definition) is 0. The smallest absolute Gasteiger partial charge is 0.373 e. The fourth-order valence-corrected chi connectivity index (χ4v) is 0.910. The average molecular weight is 194 g/mol. The van der Waals surface area contributed by atoms with Gasteiger partial charge in [-0.3, -0.25) is 4.79 Å². The number of rotatable bonds is 2. The Morgan fingerprint density at radius 2 is 1.93 bits per heavy atom. The maximum absolute atomic E-state index is 10.3. The molecule has 14 heavy (non-hydrogen) atoms. The van der Waals surface area contributed by atoms with E-state index in [0.29, 0.717) is 5.56 Å². The molecule has 1 rings (SSSR count). The predicted octanol–water partition coefficient (Wildman–Crippen LogP) is 1.23. The average Bonchev–Trinajstić information content (AvgIpc) is 2.20. The van der Waals surface area contributed by atoms with Crippen LogP contribution in [0.4, 0.5) is 0 Å². The molecule has 1 aromatic carbocycles. The lowest BCUT2D eigenvalue weighted by molar-refractivity contribution is -0.191. The Morgan fingerprint density at radius 3 is 2.36 bits per heavy atom. The van der Waals surface area contributed by atoms with E-state index in [1.165, 1.54) is 0 Å². The predicted molar refractivity (Wildman–Crippen MR) is 48.1 cm³/mol. The number of carbonyl (C=O) groups excluding carboxylic acids is 3. The molecule has 0 unspecified atom stereocenters. The Hall–Kier alpha value is -1.93. The summed E-state index contributed by atoms with van der Waals surface area (Å²) in [6.07, 6.45) is 1.06. The second-order valence-electron chi connectivity index (χ2n) is 2.43. The lowest BCUT2D eigenvalue weighted by Gasteiger charge is -2.03. The van der Waals surface area contributed by atoms with E-state index in [1.54, 1.807) is 19.2 Å². The van der Waals surface area contributed by atoms with Gasteiger partial charge in [0.05, 0.1) is 7.11 Å². The van der Waals surface area contributed by atoms with Crippen LogP contribution in [0, 0.1) is 6.92 Å². The zero-order valence-corrected chi connectivity index (χ0v) is 7.94. The maximum atomic E-state index is 10.3. The van der Waals surface area contributed by atoms with Crippen molar-refractivity contribution in [1.29, 1.82) is 0 Å². The summed E-state index contributed by atoms with van der Waals surface area (Å²) in [6.45, 7) is 1.94. The first-order valence-corrected chi connectivity index (χ1v) is 3.78. The van der Waals surface area contributed by atoms with Crippen LogP contribution in [0.1, 0.15) is 15.9 Å². The van der Waals surface area contributed by atoms with Crippen LogP contribution in [-0.2, 0) is 9.59 Å². The van der Waals surface area contributed by atoms with Gasteiger partial charge in [0.15, 0.2) is 0 Å². The third kappa shape index (κ3) is 3.65. The minimum Gasteiger partial charge on any atom is -0.496 e. The van der Waals surface area contributed by atoms with Crippen molar-refractivity contribution in [3.8, 4) is 5.75 Å². The van der Waals surface area contributed by atoms with Gasteiger partial charge < -0.3 is 4.74 Å². The third-order valence-electron chi connectivity index (χ3n) is 1.57. The summed E-state index contributed by atoms with van der Waals surface area (Å²) in [5.41, 5.74) is 1.69. The molecule has 0 atom stereocenters. The SMILES string of the molecule is COc1cc(C=O)ccc1C.O=C=O. The van der Waals surface area contributed by atoms with E-state index in [9.17, 15) is 4.79 Å². The highest BCUT2D eigenvalue weighted by molar-refractivity contribution is 5.75. The summed E-state index contributed by atoms with van der Waals surface area (Å²) in [5, 5.41) is 0. The van der Waals surface area contributed by atoms with E-state index in [4.69, 9.17) is 14.3 Å². The molecule has 0 aromatic heterocycles. The molecular weight excluding hydrogens is 184 g/mol. The van der Waals surface area contributed by atoms with Gasteiger partial charge in [-0.15, -0.1) is 0 Å². The monoisotopic (exact) mass is 194 g/mol. The highest BCUT2D eigenvalue weighted by Crippen LogP contribution is 2.17. The van der Waals surface area contributed by atoms with Gasteiger partial charge in [0.25, 0.3) is 0 Å². The van der Waals surface area contributed by atoms with Crippen molar-refractivity contribution in [2.45, 2.75) is 6.92 Å². The summed E-state index contributed by atoms with van der Waals surface area (Å²) < 4.78 is 5.03. The van der Waals surface area contributed by atoms with Crippen LogP contribution in [-0.4, -0.2) is 19.5 Å². The first kappa shape index (κ1) is 12.1. The van der Waals surface area contributed by atoms with Crippen molar-refractivity contribution in [3.05, 3.63) is 29.3 Å². The Labute approximate surface area is 81.5 Å². The Bertz CT molecular complexity index is 338. The largest absolute Gasteiger partial charge is 0.496 e. The summed E-state index contributed by atoms with van der Waals surface area (Å²) >= 11 is 0. The quantitative estimate of drug-likeness (QED) is 0.664. The van der Waals surface area contributed by atoms with Crippen molar-refractivity contribution in [1.82, 2.24) is 0 Å². The van der Waals surface area contributed by atoms with Gasteiger partial charge in [0, 0.05) is 5.56 Å². The van der Waals surface area contributed by atoms with Crippen LogP contribution < -0.4 is 4.74 Å². The number of aryl methyl sites for hydroxylation is 1. The zero-order chi connectivity index (χ0) is 11.0. The van der Waals surface area contributed by atoms with Crippen LogP contribution in [0.15, 0.2) is 18.2 Å². The third-order valence-corrected chi connectivity index (χ3v) is 1.57. The van der Waals surface area contributed by atoms with Crippen molar-refractivity contribution in [3.63, 3.8) is 0 Å². The van der Waals surface area contributed by atoms with Crippen LogP contribution >= 0.6 is 0 Å². The van der Waals surface area contributed by atoms with Crippen molar-refractivity contribution in [2.75, 3.05) is 7.11 Å². The minimum atomic E-state index is 0.250. The van der Waals surface area contributed by atoms with Crippen LogP contribution in [0.25, 0.3) is 0 Å². The lowest BCUT2D eigenvalue weighted by Crippen LogP contribution is -1.88. The van der Waals surface area contributed by atoms with Gasteiger partial charge in [-0.1, -0.05) is 12.1 Å². The van der Waals surface area contributed by atoms with Gasteiger partial charge >= 0.3 is 6.15 Å². The lowest BCUT2D eigenvalue weighted by atomic mass is 10.1. The van der Waals surface area contributed by atoms with Gasteiger partial charge in [0.1, 0.15) is 12.0 Å². The second kappa shape index (κ2) is 6.57. The standard InChI is InChI=1S/C9H10O2.CO2/c1-7-3-4-8(6-10)5-9(7)11-2;2-1-3/h3-6H,1-2H3;. The number of benzene rings is 1. The molecular formula is C10H10O4. The Morgan fingerprint density at radius 1 is 1.36 bits per heavy atom. The van der Waals surface area contributed by atoms with Gasteiger partial charge in [-0.05, 0) is 18.6 Å². The normalized spacial score (nSPS) is 7.86. The highest BCUT2D eigenvalue weighted by Gasteiger charge is 1.97. The van der Waals surface area contributed by atoms with Gasteiger partial charge in [-0.2, -0.15) is 9.59 Å². The molecule has 0 amide bonds. The van der Waals surface area contributed by atoms with Crippen LogP contribution in [0.3, 0.4) is 0 Å². The van der Waals surface area contributed by atoms with Crippen LogP contribution in [0.2, 0.25) is 0 Å². The molecule has 0 bridgehead atoms. The van der Waals surface area contributed by atoms with Crippen molar-refractivity contribution in [2.24, 2.45) is 0 Å². The fraction of sp³-hybridized carbons (Fsp3) is 0.200. The number of hydrogen-bond acceptors (Lipinski definition) is 4. The molecule has 0 saturated carbocycles. The molecule has 0 aliphatic carbocycles. The molecule has 0 fully saturated rings. The highest BCUT2D eigenvalue weighted by atomic mass is 16.5. The molecule has 4 heteroatoms. The molecule has 0 saturated heterocycles. The minimum absolute atomic E-state index is 0.250.